The Morgan fingerprint density at radius 3 is 1.67 bits per heavy atom. The van der Waals surface area contributed by atoms with Gasteiger partial charge in [-0.15, -0.1) is 11.3 Å². The van der Waals surface area contributed by atoms with E-state index < -0.39 is 0 Å². The third kappa shape index (κ3) is 4.32. The fourth-order valence-electron chi connectivity index (χ4n) is 9.40. The molecule has 0 saturated heterocycles. The molecule has 0 amide bonds. The van der Waals surface area contributed by atoms with E-state index in [1.165, 1.54) is 75.2 Å². The van der Waals surface area contributed by atoms with Crippen molar-refractivity contribution in [2.24, 2.45) is 0 Å². The summed E-state index contributed by atoms with van der Waals surface area (Å²) in [6.07, 6.45) is 0. The summed E-state index contributed by atoms with van der Waals surface area (Å²) >= 11 is 1.87. The summed E-state index contributed by atoms with van der Waals surface area (Å²) in [6, 6.07) is 68.1. The van der Waals surface area contributed by atoms with E-state index in [0.29, 0.717) is 0 Å². The molecule has 5 heterocycles. The van der Waals surface area contributed by atoms with Gasteiger partial charge in [-0.1, -0.05) is 109 Å². The quantitative estimate of drug-likeness (QED) is 0.176. The van der Waals surface area contributed by atoms with Gasteiger partial charge in [0.2, 0.25) is 0 Å². The molecular formula is C52H31N3OS. The van der Waals surface area contributed by atoms with Gasteiger partial charge >= 0.3 is 0 Å². The molecule has 0 aliphatic heterocycles. The third-order valence-corrected chi connectivity index (χ3v) is 13.0. The first-order chi connectivity index (χ1) is 28.3. The first kappa shape index (κ1) is 30.9. The van der Waals surface area contributed by atoms with Crippen LogP contribution in [0.2, 0.25) is 0 Å². The van der Waals surface area contributed by atoms with Crippen molar-refractivity contribution < 1.29 is 4.42 Å². The number of thiophene rings is 1. The van der Waals surface area contributed by atoms with Gasteiger partial charge in [0.05, 0.1) is 16.6 Å². The lowest BCUT2D eigenvalue weighted by Gasteiger charge is -2.14. The van der Waals surface area contributed by atoms with E-state index in [0.717, 1.165) is 39.0 Å². The van der Waals surface area contributed by atoms with Crippen LogP contribution in [0.25, 0.3) is 114 Å². The SMILES string of the molecule is c1ccc(-n2c3sc4ccc(-c5ccc6oc7ccccc7c6c5)cc4c3c3c4ccccc4n(-c4cccc(-n5c6ccccc6c6ccccc65)c4)c32)cc1. The van der Waals surface area contributed by atoms with Crippen LogP contribution in [0.3, 0.4) is 0 Å². The van der Waals surface area contributed by atoms with E-state index in [1.807, 2.05) is 23.5 Å². The molecule has 57 heavy (non-hydrogen) atoms. The van der Waals surface area contributed by atoms with Crippen LogP contribution in [-0.2, 0) is 0 Å². The molecule has 13 aromatic rings. The molecule has 5 aromatic heterocycles. The maximum absolute atomic E-state index is 6.19. The average Bonchev–Trinajstić information content (AvgIpc) is 4.06. The van der Waals surface area contributed by atoms with E-state index in [2.05, 4.69) is 190 Å². The molecule has 0 saturated carbocycles. The van der Waals surface area contributed by atoms with Crippen molar-refractivity contribution in [1.82, 2.24) is 13.7 Å². The second-order valence-electron chi connectivity index (χ2n) is 14.9. The predicted molar refractivity (Wildman–Crippen MR) is 240 cm³/mol. The lowest BCUT2D eigenvalue weighted by atomic mass is 10.0. The molecule has 5 heteroatoms. The van der Waals surface area contributed by atoms with Crippen molar-refractivity contribution in [1.29, 1.82) is 0 Å². The molecule has 13 rings (SSSR count). The molecule has 266 valence electrons. The molecule has 8 aromatic carbocycles. The summed E-state index contributed by atoms with van der Waals surface area (Å²) in [5.74, 6) is 0. The van der Waals surface area contributed by atoms with E-state index in [1.54, 1.807) is 0 Å². The fraction of sp³-hybridized carbons (Fsp3) is 0. The average molecular weight is 746 g/mol. The number of rotatable bonds is 4. The fourth-order valence-corrected chi connectivity index (χ4v) is 10.6. The number of hydrogen-bond acceptors (Lipinski definition) is 2. The summed E-state index contributed by atoms with van der Waals surface area (Å²) in [6.45, 7) is 0. The minimum absolute atomic E-state index is 0.913. The van der Waals surface area contributed by atoms with Gasteiger partial charge in [-0.3, -0.25) is 9.13 Å². The minimum Gasteiger partial charge on any atom is -0.456 e. The molecule has 0 aliphatic carbocycles. The Labute approximate surface area is 330 Å². The van der Waals surface area contributed by atoms with Gasteiger partial charge in [0.15, 0.2) is 0 Å². The first-order valence-electron chi connectivity index (χ1n) is 19.3. The topological polar surface area (TPSA) is 27.9 Å². The Balaban J connectivity index is 1.10. The number of aromatic nitrogens is 3. The molecule has 0 spiro atoms. The summed E-state index contributed by atoms with van der Waals surface area (Å²) in [4.78, 5) is 1.24. The van der Waals surface area contributed by atoms with E-state index >= 15 is 0 Å². The molecule has 0 N–H and O–H groups in total. The van der Waals surface area contributed by atoms with Gasteiger partial charge < -0.3 is 8.98 Å². The van der Waals surface area contributed by atoms with E-state index in [-0.39, 0.29) is 0 Å². The molecule has 0 bridgehead atoms. The zero-order valence-electron chi connectivity index (χ0n) is 30.6. The molecular weight excluding hydrogens is 715 g/mol. The molecule has 0 atom stereocenters. The summed E-state index contributed by atoms with van der Waals surface area (Å²) in [5.41, 5.74) is 12.4. The van der Waals surface area contributed by atoms with Crippen LogP contribution in [0.4, 0.5) is 0 Å². The van der Waals surface area contributed by atoms with Crippen molar-refractivity contribution in [3.8, 4) is 28.2 Å². The van der Waals surface area contributed by atoms with Crippen molar-refractivity contribution in [3.63, 3.8) is 0 Å². The second-order valence-corrected chi connectivity index (χ2v) is 15.9. The van der Waals surface area contributed by atoms with E-state index in [9.17, 15) is 0 Å². The summed E-state index contributed by atoms with van der Waals surface area (Å²) < 4.78 is 14.8. The lowest BCUT2D eigenvalue weighted by molar-refractivity contribution is 0.669. The maximum atomic E-state index is 6.19. The van der Waals surface area contributed by atoms with Gasteiger partial charge in [0.1, 0.15) is 21.6 Å². The molecule has 0 radical (unpaired) electrons. The Hall–Kier alpha value is -7.34. The van der Waals surface area contributed by atoms with Crippen LogP contribution in [-0.4, -0.2) is 13.7 Å². The minimum atomic E-state index is 0.913. The standard InChI is InChI=1S/C52H31N3OS/c1-2-13-34(14-3-1)55-51-49(50-42-30-33(26-28-48(42)57-52(50)55)32-25-27-47-41(29-32)39-19-7-11-24-46(39)56-47)40-20-6-10-23-45(40)54(51)36-16-12-15-35(31-36)53-43-21-8-4-17-37(43)38-18-5-9-22-44(38)53/h1-31H. The van der Waals surface area contributed by atoms with Crippen molar-refractivity contribution in [2.75, 3.05) is 0 Å². The van der Waals surface area contributed by atoms with Crippen molar-refractivity contribution in [2.45, 2.75) is 0 Å². The second kappa shape index (κ2) is 11.6. The normalized spacial score (nSPS) is 12.2. The zero-order chi connectivity index (χ0) is 37.2. The highest BCUT2D eigenvalue weighted by Crippen LogP contribution is 2.48. The zero-order valence-corrected chi connectivity index (χ0v) is 31.4. The number of nitrogens with zero attached hydrogens (tertiary/aromatic N) is 3. The number of benzene rings is 8. The number of fused-ring (bicyclic) bond motifs is 13. The summed E-state index contributed by atoms with van der Waals surface area (Å²) in [5, 5.41) is 9.87. The molecule has 0 unspecified atom stereocenters. The Morgan fingerprint density at radius 2 is 0.912 bits per heavy atom. The highest BCUT2D eigenvalue weighted by molar-refractivity contribution is 7.25. The van der Waals surface area contributed by atoms with Gasteiger partial charge in [0.25, 0.3) is 0 Å². The first-order valence-corrected chi connectivity index (χ1v) is 20.2. The van der Waals surface area contributed by atoms with Crippen LogP contribution >= 0.6 is 11.3 Å². The summed E-state index contributed by atoms with van der Waals surface area (Å²) in [7, 11) is 0. The van der Waals surface area contributed by atoms with Crippen LogP contribution in [0.5, 0.6) is 0 Å². The number of furan rings is 1. The van der Waals surface area contributed by atoms with Crippen LogP contribution in [0, 0.1) is 0 Å². The lowest BCUT2D eigenvalue weighted by Crippen LogP contribution is -2.02. The van der Waals surface area contributed by atoms with E-state index in [4.69, 9.17) is 4.42 Å². The third-order valence-electron chi connectivity index (χ3n) is 11.8. The van der Waals surface area contributed by atoms with Gasteiger partial charge in [-0.2, -0.15) is 0 Å². The number of para-hydroxylation sites is 5. The predicted octanol–water partition coefficient (Wildman–Crippen LogP) is 14.6. The number of hydrogen-bond donors (Lipinski definition) is 0. The highest BCUT2D eigenvalue weighted by Gasteiger charge is 2.26. The molecule has 0 fully saturated rings. The van der Waals surface area contributed by atoms with Crippen molar-refractivity contribution in [3.05, 3.63) is 188 Å². The van der Waals surface area contributed by atoms with Gasteiger partial charge in [0, 0.05) is 64.9 Å². The van der Waals surface area contributed by atoms with Gasteiger partial charge in [-0.25, -0.2) is 0 Å². The monoisotopic (exact) mass is 745 g/mol. The van der Waals surface area contributed by atoms with Crippen LogP contribution < -0.4 is 0 Å². The Morgan fingerprint density at radius 1 is 0.351 bits per heavy atom. The molecule has 4 nitrogen and oxygen atoms in total. The van der Waals surface area contributed by atoms with Crippen molar-refractivity contribution >= 4 is 97.3 Å². The largest absolute Gasteiger partial charge is 0.456 e. The maximum Gasteiger partial charge on any atom is 0.135 e. The smallest absolute Gasteiger partial charge is 0.135 e. The molecule has 0 aliphatic rings. The van der Waals surface area contributed by atoms with Crippen LogP contribution in [0.1, 0.15) is 0 Å². The Kier molecular flexibility index (Phi) is 6.29. The van der Waals surface area contributed by atoms with Crippen LogP contribution in [0.15, 0.2) is 192 Å². The highest BCUT2D eigenvalue weighted by atomic mass is 32.1. The Bertz CT molecular complexity index is 3710. The van der Waals surface area contributed by atoms with Gasteiger partial charge in [-0.05, 0) is 90.0 Å².